The maximum atomic E-state index is 12.6. The van der Waals surface area contributed by atoms with Gasteiger partial charge in [-0.1, -0.05) is 12.1 Å². The lowest BCUT2D eigenvalue weighted by Crippen LogP contribution is -2.48. The summed E-state index contributed by atoms with van der Waals surface area (Å²) in [6.07, 6.45) is 2.97. The van der Waals surface area contributed by atoms with Crippen LogP contribution in [0.25, 0.3) is 11.0 Å². The van der Waals surface area contributed by atoms with Gasteiger partial charge in [0.2, 0.25) is 5.91 Å². The number of rotatable bonds is 4. The third-order valence-electron chi connectivity index (χ3n) is 5.60. The van der Waals surface area contributed by atoms with E-state index in [4.69, 9.17) is 4.74 Å². The van der Waals surface area contributed by atoms with Crippen LogP contribution < -0.4 is 5.69 Å². The molecular formula is C18H23N3O3. The third kappa shape index (κ3) is 2.55. The van der Waals surface area contributed by atoms with Crippen LogP contribution in [0.3, 0.4) is 0 Å². The molecule has 1 aromatic heterocycles. The topological polar surface area (TPSA) is 67.3 Å². The number of aryl methyl sites for hydroxylation is 1. The van der Waals surface area contributed by atoms with Gasteiger partial charge in [-0.3, -0.25) is 9.36 Å². The van der Waals surface area contributed by atoms with Crippen molar-refractivity contribution in [1.82, 2.24) is 14.5 Å². The second-order valence-electron chi connectivity index (χ2n) is 6.95. The van der Waals surface area contributed by atoms with Crippen LogP contribution in [-0.2, 0) is 16.1 Å². The Morgan fingerprint density at radius 2 is 1.96 bits per heavy atom. The highest BCUT2D eigenvalue weighted by Gasteiger charge is 2.43. The number of nitrogens with one attached hydrogen (secondary N) is 1. The number of piperidine rings is 1. The van der Waals surface area contributed by atoms with Gasteiger partial charge in [-0.25, -0.2) is 4.79 Å². The van der Waals surface area contributed by atoms with Gasteiger partial charge < -0.3 is 14.6 Å². The summed E-state index contributed by atoms with van der Waals surface area (Å²) >= 11 is 0. The first-order chi connectivity index (χ1) is 11.7. The molecule has 1 saturated heterocycles. The summed E-state index contributed by atoms with van der Waals surface area (Å²) in [6, 6.07) is 7.58. The summed E-state index contributed by atoms with van der Waals surface area (Å²) in [7, 11) is 1.77. The molecule has 1 saturated carbocycles. The number of carbonyl (C=O) groups excluding carboxylic acids is 1. The minimum Gasteiger partial charge on any atom is -0.381 e. The van der Waals surface area contributed by atoms with Crippen molar-refractivity contribution in [2.45, 2.75) is 31.9 Å². The van der Waals surface area contributed by atoms with Gasteiger partial charge in [0.25, 0.3) is 0 Å². The van der Waals surface area contributed by atoms with Crippen molar-refractivity contribution in [2.24, 2.45) is 11.8 Å². The standard InChI is InChI=1S/C18H23N3O3/c1-24-17-12-6-7-13(17)11-20(10-12)16(22)8-9-21-15-5-3-2-4-14(15)19-18(21)23/h2-5,12-13,17H,6-11H2,1H3,(H,19,23)/t12-,13+,17?. The Bertz CT molecular complexity index is 795. The molecule has 2 heterocycles. The van der Waals surface area contributed by atoms with Gasteiger partial charge in [-0.05, 0) is 25.0 Å². The molecule has 24 heavy (non-hydrogen) atoms. The monoisotopic (exact) mass is 329 g/mol. The quantitative estimate of drug-likeness (QED) is 0.926. The molecule has 2 bridgehead atoms. The number of nitrogens with zero attached hydrogens (tertiary/aromatic N) is 2. The van der Waals surface area contributed by atoms with E-state index >= 15 is 0 Å². The van der Waals surface area contributed by atoms with E-state index in [1.807, 2.05) is 29.2 Å². The molecular weight excluding hydrogens is 306 g/mol. The normalized spacial score (nSPS) is 26.2. The molecule has 1 unspecified atom stereocenters. The van der Waals surface area contributed by atoms with E-state index in [0.717, 1.165) is 37.0 Å². The zero-order chi connectivity index (χ0) is 16.7. The lowest BCUT2D eigenvalue weighted by atomic mass is 9.94. The van der Waals surface area contributed by atoms with Crippen LogP contribution in [0, 0.1) is 11.8 Å². The molecule has 6 heteroatoms. The highest BCUT2D eigenvalue weighted by Crippen LogP contribution is 2.38. The molecule has 2 aromatic rings. The number of carbonyl (C=O) groups is 1. The number of aromatic amines is 1. The average molecular weight is 329 g/mol. The molecule has 1 aliphatic heterocycles. The van der Waals surface area contributed by atoms with E-state index in [1.165, 1.54) is 0 Å². The Kier molecular flexibility index (Phi) is 3.92. The van der Waals surface area contributed by atoms with Crippen molar-refractivity contribution < 1.29 is 9.53 Å². The van der Waals surface area contributed by atoms with Gasteiger partial charge in [0.1, 0.15) is 0 Å². The average Bonchev–Trinajstić information content (AvgIpc) is 3.04. The zero-order valence-corrected chi connectivity index (χ0v) is 13.9. The van der Waals surface area contributed by atoms with Gasteiger partial charge in [0.15, 0.2) is 0 Å². The number of para-hydroxylation sites is 2. The Hall–Kier alpha value is -2.08. The molecule has 6 nitrogen and oxygen atoms in total. The molecule has 2 aliphatic rings. The van der Waals surface area contributed by atoms with Crippen LogP contribution >= 0.6 is 0 Å². The lowest BCUT2D eigenvalue weighted by molar-refractivity contribution is -0.136. The second-order valence-corrected chi connectivity index (χ2v) is 6.95. The molecule has 4 rings (SSSR count). The van der Waals surface area contributed by atoms with Crippen LogP contribution in [0.4, 0.5) is 0 Å². The number of hydrogen-bond acceptors (Lipinski definition) is 3. The van der Waals surface area contributed by atoms with Gasteiger partial charge in [0, 0.05) is 45.0 Å². The van der Waals surface area contributed by atoms with Crippen molar-refractivity contribution >= 4 is 16.9 Å². The molecule has 1 aromatic carbocycles. The Morgan fingerprint density at radius 1 is 1.25 bits per heavy atom. The van der Waals surface area contributed by atoms with Gasteiger partial charge in [-0.2, -0.15) is 0 Å². The largest absolute Gasteiger partial charge is 0.381 e. The van der Waals surface area contributed by atoms with E-state index in [1.54, 1.807) is 11.7 Å². The SMILES string of the molecule is COC1[C@@H]2CC[C@H]1CN(C(=O)CCn1c(=O)[nH]c3ccccc31)C2. The maximum Gasteiger partial charge on any atom is 0.326 e. The summed E-state index contributed by atoms with van der Waals surface area (Å²) in [5, 5.41) is 0. The zero-order valence-electron chi connectivity index (χ0n) is 13.9. The van der Waals surface area contributed by atoms with Crippen LogP contribution in [0.2, 0.25) is 0 Å². The van der Waals surface area contributed by atoms with Gasteiger partial charge >= 0.3 is 5.69 Å². The second kappa shape index (κ2) is 6.09. The summed E-state index contributed by atoms with van der Waals surface area (Å²) in [6.45, 7) is 1.99. The minimum atomic E-state index is -0.151. The van der Waals surface area contributed by atoms with Crippen LogP contribution in [-0.4, -0.2) is 46.7 Å². The van der Waals surface area contributed by atoms with Gasteiger partial charge in [0.05, 0.1) is 17.1 Å². The van der Waals surface area contributed by atoms with E-state index in [-0.39, 0.29) is 11.6 Å². The number of ether oxygens (including phenoxy) is 1. The van der Waals surface area contributed by atoms with E-state index in [2.05, 4.69) is 4.98 Å². The summed E-state index contributed by atoms with van der Waals surface area (Å²) in [5.41, 5.74) is 1.52. The van der Waals surface area contributed by atoms with Crippen LogP contribution in [0.5, 0.6) is 0 Å². The van der Waals surface area contributed by atoms with E-state index in [0.29, 0.717) is 30.9 Å². The third-order valence-corrected chi connectivity index (χ3v) is 5.60. The highest BCUT2D eigenvalue weighted by molar-refractivity contribution is 5.77. The molecule has 0 radical (unpaired) electrons. The number of fused-ring (bicyclic) bond motifs is 3. The first-order valence-corrected chi connectivity index (χ1v) is 8.65. The lowest BCUT2D eigenvalue weighted by Gasteiger charge is -2.37. The predicted molar refractivity (Wildman–Crippen MR) is 90.8 cm³/mol. The number of likely N-dealkylation sites (tertiary alicyclic amines) is 1. The fraction of sp³-hybridized carbons (Fsp3) is 0.556. The van der Waals surface area contributed by atoms with Crippen molar-refractivity contribution in [1.29, 1.82) is 0 Å². The fourth-order valence-electron chi connectivity index (χ4n) is 4.46. The molecule has 3 atom stereocenters. The number of aromatic nitrogens is 2. The van der Waals surface area contributed by atoms with Crippen molar-refractivity contribution in [3.05, 3.63) is 34.7 Å². The number of methoxy groups -OCH3 is 1. The molecule has 1 amide bonds. The highest BCUT2D eigenvalue weighted by atomic mass is 16.5. The summed E-state index contributed by atoms with van der Waals surface area (Å²) < 4.78 is 7.26. The van der Waals surface area contributed by atoms with E-state index < -0.39 is 0 Å². The first kappa shape index (κ1) is 15.4. The van der Waals surface area contributed by atoms with Crippen molar-refractivity contribution in [2.75, 3.05) is 20.2 Å². The molecule has 128 valence electrons. The number of benzene rings is 1. The first-order valence-electron chi connectivity index (χ1n) is 8.65. The molecule has 0 spiro atoms. The minimum absolute atomic E-state index is 0.138. The Balaban J connectivity index is 1.44. The summed E-state index contributed by atoms with van der Waals surface area (Å²) in [5.74, 6) is 1.07. The number of amides is 1. The molecule has 1 aliphatic carbocycles. The molecule has 1 N–H and O–H groups in total. The maximum absolute atomic E-state index is 12.6. The van der Waals surface area contributed by atoms with E-state index in [9.17, 15) is 9.59 Å². The fourth-order valence-corrected chi connectivity index (χ4v) is 4.46. The Morgan fingerprint density at radius 3 is 2.67 bits per heavy atom. The predicted octanol–water partition coefficient (Wildman–Crippen LogP) is 1.60. The van der Waals surface area contributed by atoms with Crippen LogP contribution in [0.15, 0.2) is 29.1 Å². The number of H-pyrrole nitrogens is 1. The van der Waals surface area contributed by atoms with Crippen molar-refractivity contribution in [3.8, 4) is 0 Å². The number of imidazole rings is 1. The number of hydrogen-bond donors (Lipinski definition) is 1. The van der Waals surface area contributed by atoms with Crippen LogP contribution in [0.1, 0.15) is 19.3 Å². The van der Waals surface area contributed by atoms with Gasteiger partial charge in [-0.15, -0.1) is 0 Å². The smallest absolute Gasteiger partial charge is 0.326 e. The Labute approximate surface area is 140 Å². The summed E-state index contributed by atoms with van der Waals surface area (Å²) in [4.78, 5) is 29.5. The van der Waals surface area contributed by atoms with Crippen molar-refractivity contribution in [3.63, 3.8) is 0 Å². The molecule has 2 fully saturated rings.